The number of carbonyl (C=O) groups is 3. The smallest absolute Gasteiger partial charge is 0.306 e. The van der Waals surface area contributed by atoms with Gasteiger partial charge in [0.05, 0.1) is 40.3 Å². The van der Waals surface area contributed by atoms with Crippen LogP contribution in [0.15, 0.2) is 24.3 Å². The van der Waals surface area contributed by atoms with Crippen molar-refractivity contribution in [2.45, 2.75) is 379 Å². The summed E-state index contributed by atoms with van der Waals surface area (Å²) in [7, 11) is 5.95. The fourth-order valence-electron chi connectivity index (χ4n) is 10.9. The first-order valence-electron chi connectivity index (χ1n) is 36.0. The lowest BCUT2D eigenvalue weighted by molar-refractivity contribution is -0.870. The lowest BCUT2D eigenvalue weighted by atomic mass is 10.0. The molecule has 0 aromatic heterocycles. The summed E-state index contributed by atoms with van der Waals surface area (Å²) in [5.41, 5.74) is 0. The lowest BCUT2D eigenvalue weighted by Crippen LogP contribution is -2.44. The number of hydrogen-bond donors (Lipinski definition) is 0. The molecule has 2 unspecified atom stereocenters. The van der Waals surface area contributed by atoms with Crippen LogP contribution in [0.2, 0.25) is 0 Å². The molecule has 0 aliphatic heterocycles. The molecule has 0 fully saturated rings. The average Bonchev–Trinajstić information content (AvgIpc) is 3.45. The van der Waals surface area contributed by atoms with Gasteiger partial charge in [-0.25, -0.2) is 0 Å². The molecule has 0 amide bonds. The standard InChI is InChI=1S/C73H139NO8/c1-6-8-10-12-14-16-18-20-22-24-26-28-30-32-33-34-35-36-37-38-39-40-42-44-46-48-50-52-54-56-58-60-62-64-71(76)82-69(68-81-73(72(77)78)79-66-65-74(3,4)5)67-80-70(75)63-61-59-57-55-53-51-49-47-45-43-41-31-29-27-25-23-21-19-17-15-13-11-9-7-2/h18,20,24,26,69,73H,6-17,19,21-23,25,27-68H2,1-5H3/b20-18-,26-24-. The first kappa shape index (κ1) is 79.8. The Bertz CT molecular complexity index is 1390. The zero-order chi connectivity index (χ0) is 59.8. The van der Waals surface area contributed by atoms with E-state index < -0.39 is 24.3 Å². The maximum atomic E-state index is 12.9. The van der Waals surface area contributed by atoms with Crippen LogP contribution in [-0.4, -0.2) is 82.3 Å². The number of quaternary nitrogens is 1. The van der Waals surface area contributed by atoms with E-state index in [2.05, 4.69) is 38.2 Å². The van der Waals surface area contributed by atoms with E-state index in [1.54, 1.807) is 0 Å². The number of likely N-dealkylation sites (N-methyl/N-ethyl adjacent to an activating group) is 1. The van der Waals surface area contributed by atoms with Gasteiger partial charge in [-0.15, -0.1) is 0 Å². The summed E-state index contributed by atoms with van der Waals surface area (Å²) in [5.74, 6) is -2.25. The van der Waals surface area contributed by atoms with Gasteiger partial charge < -0.3 is 33.3 Å². The van der Waals surface area contributed by atoms with Crippen molar-refractivity contribution in [1.29, 1.82) is 0 Å². The van der Waals surface area contributed by atoms with Gasteiger partial charge in [0, 0.05) is 12.8 Å². The number of rotatable bonds is 68. The minimum atomic E-state index is -1.62. The monoisotopic (exact) mass is 1160 g/mol. The Kier molecular flexibility index (Phi) is 63.0. The van der Waals surface area contributed by atoms with Crippen LogP contribution >= 0.6 is 0 Å². The first-order chi connectivity index (χ1) is 40.1. The van der Waals surface area contributed by atoms with Crippen LogP contribution in [-0.2, 0) is 33.3 Å². The summed E-state index contributed by atoms with van der Waals surface area (Å²) in [5, 5.41) is 11.8. The number of carboxylic acid groups (broad SMARTS) is 1. The highest BCUT2D eigenvalue weighted by Crippen LogP contribution is 2.19. The van der Waals surface area contributed by atoms with Gasteiger partial charge in [-0.2, -0.15) is 0 Å². The van der Waals surface area contributed by atoms with Gasteiger partial charge in [0.1, 0.15) is 13.2 Å². The number of carbonyl (C=O) groups excluding carboxylic acids is 3. The van der Waals surface area contributed by atoms with E-state index in [-0.39, 0.29) is 32.2 Å². The molecule has 0 saturated carbocycles. The molecule has 0 radical (unpaired) electrons. The molecule has 484 valence electrons. The van der Waals surface area contributed by atoms with Gasteiger partial charge in [-0.05, 0) is 44.9 Å². The van der Waals surface area contributed by atoms with Crippen molar-refractivity contribution in [3.05, 3.63) is 24.3 Å². The summed E-state index contributed by atoms with van der Waals surface area (Å²) < 4.78 is 22.8. The third-order valence-electron chi connectivity index (χ3n) is 16.5. The van der Waals surface area contributed by atoms with E-state index in [1.807, 2.05) is 21.1 Å². The molecule has 2 atom stereocenters. The van der Waals surface area contributed by atoms with Crippen LogP contribution in [0.25, 0.3) is 0 Å². The van der Waals surface area contributed by atoms with Crippen molar-refractivity contribution < 1.29 is 42.9 Å². The third-order valence-corrected chi connectivity index (χ3v) is 16.5. The first-order valence-corrected chi connectivity index (χ1v) is 36.0. The molecule has 0 bridgehead atoms. The number of ether oxygens (including phenoxy) is 4. The highest BCUT2D eigenvalue weighted by molar-refractivity contribution is 5.70. The summed E-state index contributed by atoms with van der Waals surface area (Å²) >= 11 is 0. The predicted octanol–water partition coefficient (Wildman–Crippen LogP) is 20.9. The molecule has 0 aromatic rings. The van der Waals surface area contributed by atoms with Crippen LogP contribution < -0.4 is 5.11 Å². The summed E-state index contributed by atoms with van der Waals surface area (Å²) in [4.78, 5) is 37.5. The number of nitrogens with zero attached hydrogens (tertiary/aromatic N) is 1. The number of unbranched alkanes of at least 4 members (excludes halogenated alkanes) is 49. The quantitative estimate of drug-likeness (QED) is 0.0195. The van der Waals surface area contributed by atoms with Crippen LogP contribution in [0.4, 0.5) is 0 Å². The van der Waals surface area contributed by atoms with Crippen molar-refractivity contribution in [2.75, 3.05) is 47.5 Å². The summed E-state index contributed by atoms with van der Waals surface area (Å²) in [6, 6.07) is 0. The summed E-state index contributed by atoms with van der Waals surface area (Å²) in [6.45, 7) is 4.82. The van der Waals surface area contributed by atoms with Crippen LogP contribution in [0, 0.1) is 0 Å². The molecule has 9 nitrogen and oxygen atoms in total. The van der Waals surface area contributed by atoms with E-state index in [9.17, 15) is 19.5 Å². The van der Waals surface area contributed by atoms with Crippen LogP contribution in [0.5, 0.6) is 0 Å². The largest absolute Gasteiger partial charge is 0.545 e. The van der Waals surface area contributed by atoms with E-state index in [4.69, 9.17) is 18.9 Å². The van der Waals surface area contributed by atoms with Crippen LogP contribution in [0.3, 0.4) is 0 Å². The molecular formula is C73H139NO8. The fourth-order valence-corrected chi connectivity index (χ4v) is 10.9. The van der Waals surface area contributed by atoms with Crippen molar-refractivity contribution in [2.24, 2.45) is 0 Å². The zero-order valence-corrected chi connectivity index (χ0v) is 55.4. The number of carboxylic acids is 1. The maximum absolute atomic E-state index is 12.9. The molecule has 9 heteroatoms. The Hall–Kier alpha value is -2.23. The molecule has 0 aliphatic rings. The zero-order valence-electron chi connectivity index (χ0n) is 55.4. The van der Waals surface area contributed by atoms with E-state index >= 15 is 0 Å². The van der Waals surface area contributed by atoms with Gasteiger partial charge in [0.15, 0.2) is 12.4 Å². The Morgan fingerprint density at radius 1 is 0.366 bits per heavy atom. The second kappa shape index (κ2) is 64.8. The number of aliphatic carboxylic acids is 1. The normalized spacial score (nSPS) is 12.7. The molecule has 82 heavy (non-hydrogen) atoms. The van der Waals surface area contributed by atoms with Crippen molar-refractivity contribution in [1.82, 2.24) is 0 Å². The highest BCUT2D eigenvalue weighted by Gasteiger charge is 2.22. The predicted molar refractivity (Wildman–Crippen MR) is 348 cm³/mol. The topological polar surface area (TPSA) is 111 Å². The number of esters is 2. The number of hydrogen-bond acceptors (Lipinski definition) is 8. The average molecular weight is 1160 g/mol. The SMILES string of the molecule is CCCCCCC/C=C\C/C=C\CCCCCCCCCCCCCCCCCCCCCCCC(=O)OC(COC(=O)CCCCCCCCCCCCCCCCCCCCCCCCCC)COC(OCC[N+](C)(C)C)C(=O)[O-]. The molecule has 0 spiro atoms. The molecule has 0 aliphatic carbocycles. The van der Waals surface area contributed by atoms with Crippen molar-refractivity contribution >= 4 is 17.9 Å². The molecule has 0 saturated heterocycles. The Morgan fingerprint density at radius 3 is 0.963 bits per heavy atom. The minimum absolute atomic E-state index is 0.152. The number of allylic oxidation sites excluding steroid dienone is 4. The maximum Gasteiger partial charge on any atom is 0.306 e. The van der Waals surface area contributed by atoms with Gasteiger partial charge >= 0.3 is 11.9 Å². The Labute approximate surface area is 509 Å². The summed E-state index contributed by atoms with van der Waals surface area (Å²) in [6.07, 6.45) is 77.0. The highest BCUT2D eigenvalue weighted by atomic mass is 16.7. The molecular weight excluding hydrogens is 1020 g/mol. The third kappa shape index (κ3) is 65.3. The van der Waals surface area contributed by atoms with Crippen LogP contribution in [0.1, 0.15) is 367 Å². The molecule has 0 rings (SSSR count). The second-order valence-electron chi connectivity index (χ2n) is 25.9. The van der Waals surface area contributed by atoms with Gasteiger partial charge in [-0.3, -0.25) is 9.59 Å². The van der Waals surface area contributed by atoms with Crippen molar-refractivity contribution in [3.63, 3.8) is 0 Å². The molecule has 0 heterocycles. The van der Waals surface area contributed by atoms with Gasteiger partial charge in [-0.1, -0.05) is 334 Å². The second-order valence-corrected chi connectivity index (χ2v) is 25.9. The van der Waals surface area contributed by atoms with E-state index in [1.165, 1.54) is 295 Å². The Balaban J connectivity index is 4.03. The van der Waals surface area contributed by atoms with Crippen molar-refractivity contribution in [3.8, 4) is 0 Å². The fraction of sp³-hybridized carbons (Fsp3) is 0.904. The van der Waals surface area contributed by atoms with E-state index in [0.29, 0.717) is 17.4 Å². The van der Waals surface area contributed by atoms with Gasteiger partial charge in [0.25, 0.3) is 0 Å². The molecule has 0 aromatic carbocycles. The van der Waals surface area contributed by atoms with E-state index in [0.717, 1.165) is 44.9 Å². The molecule has 0 N–H and O–H groups in total. The minimum Gasteiger partial charge on any atom is -0.545 e. The van der Waals surface area contributed by atoms with Gasteiger partial charge in [0.2, 0.25) is 0 Å². The Morgan fingerprint density at radius 2 is 0.659 bits per heavy atom. The lowest BCUT2D eigenvalue weighted by Gasteiger charge is -2.26.